The lowest BCUT2D eigenvalue weighted by Gasteiger charge is -2.30. The van der Waals surface area contributed by atoms with Crippen LogP contribution < -0.4 is 4.74 Å². The zero-order valence-electron chi connectivity index (χ0n) is 15.8. The molecule has 4 nitrogen and oxygen atoms in total. The molecule has 0 saturated heterocycles. The average Bonchev–Trinajstić information content (AvgIpc) is 2.70. The van der Waals surface area contributed by atoms with E-state index in [1.54, 1.807) is 0 Å². The van der Waals surface area contributed by atoms with E-state index < -0.39 is 12.2 Å². The second kappa shape index (κ2) is 11.1. The maximum Gasteiger partial charge on any atom is 0.119 e. The highest BCUT2D eigenvalue weighted by molar-refractivity contribution is 14.1. The van der Waals surface area contributed by atoms with Gasteiger partial charge < -0.3 is 19.7 Å². The highest BCUT2D eigenvalue weighted by atomic mass is 127. The van der Waals surface area contributed by atoms with Crippen LogP contribution in [0.1, 0.15) is 25.8 Å². The molecule has 150 valence electrons. The Morgan fingerprint density at radius 1 is 1.07 bits per heavy atom. The molecule has 0 amide bonds. The molecule has 0 heterocycles. The topological polar surface area (TPSA) is 58.9 Å². The lowest BCUT2D eigenvalue weighted by Crippen LogP contribution is -2.25. The van der Waals surface area contributed by atoms with Gasteiger partial charge in [0, 0.05) is 14.3 Å². The SMILES string of the molecule is CC(C)(C1=CCC(OCC(O)CI)C=C1)c1ccc(OC[C@@H](O)CI)cc1. The summed E-state index contributed by atoms with van der Waals surface area (Å²) in [7, 11) is 0. The lowest BCUT2D eigenvalue weighted by atomic mass is 9.75. The minimum Gasteiger partial charge on any atom is -0.491 e. The molecule has 3 atom stereocenters. The second-order valence-electron chi connectivity index (χ2n) is 7.20. The van der Waals surface area contributed by atoms with E-state index in [4.69, 9.17) is 9.47 Å². The molecule has 2 unspecified atom stereocenters. The van der Waals surface area contributed by atoms with Gasteiger partial charge in [0.15, 0.2) is 0 Å². The van der Waals surface area contributed by atoms with Crippen molar-refractivity contribution in [2.45, 2.75) is 44.0 Å². The number of hydrogen-bond acceptors (Lipinski definition) is 4. The van der Waals surface area contributed by atoms with Gasteiger partial charge in [-0.1, -0.05) is 89.4 Å². The smallest absolute Gasteiger partial charge is 0.119 e. The van der Waals surface area contributed by atoms with E-state index in [0.29, 0.717) is 22.1 Å². The Balaban J connectivity index is 1.95. The number of halogens is 2. The molecule has 27 heavy (non-hydrogen) atoms. The van der Waals surface area contributed by atoms with Gasteiger partial charge in [0.25, 0.3) is 0 Å². The first-order valence-electron chi connectivity index (χ1n) is 9.08. The maximum absolute atomic E-state index is 9.63. The van der Waals surface area contributed by atoms with Gasteiger partial charge in [0.05, 0.1) is 24.9 Å². The van der Waals surface area contributed by atoms with Crippen LogP contribution in [0.25, 0.3) is 0 Å². The maximum atomic E-state index is 9.63. The summed E-state index contributed by atoms with van der Waals surface area (Å²) in [5, 5.41) is 19.2. The molecule has 0 aliphatic heterocycles. The molecule has 1 aliphatic rings. The van der Waals surface area contributed by atoms with Crippen molar-refractivity contribution in [3.05, 3.63) is 53.6 Å². The number of rotatable bonds is 10. The van der Waals surface area contributed by atoms with Gasteiger partial charge in [-0.2, -0.15) is 0 Å². The third kappa shape index (κ3) is 6.99. The molecule has 0 radical (unpaired) electrons. The number of ether oxygens (including phenoxy) is 2. The molecule has 1 aromatic rings. The summed E-state index contributed by atoms with van der Waals surface area (Å²) in [6, 6.07) is 8.09. The Hall–Kier alpha value is -0.160. The highest BCUT2D eigenvalue weighted by Gasteiger charge is 2.26. The molecule has 0 saturated carbocycles. The molecule has 1 aromatic carbocycles. The molecule has 6 heteroatoms. The lowest BCUT2D eigenvalue weighted by molar-refractivity contribution is 0.0211. The van der Waals surface area contributed by atoms with Gasteiger partial charge in [-0.05, 0) is 29.7 Å². The molecule has 2 rings (SSSR count). The Kier molecular flexibility index (Phi) is 9.54. The zero-order chi connectivity index (χ0) is 19.9. The Bertz CT molecular complexity index is 640. The van der Waals surface area contributed by atoms with Crippen LogP contribution in [0.2, 0.25) is 0 Å². The first-order chi connectivity index (χ1) is 12.9. The highest BCUT2D eigenvalue weighted by Crippen LogP contribution is 2.35. The van der Waals surface area contributed by atoms with Gasteiger partial charge in [-0.3, -0.25) is 0 Å². The van der Waals surface area contributed by atoms with Crippen molar-refractivity contribution in [2.24, 2.45) is 0 Å². The molecule has 0 aromatic heterocycles. The quantitative estimate of drug-likeness (QED) is 0.313. The third-order valence-corrected chi connectivity index (χ3v) is 6.69. The van der Waals surface area contributed by atoms with Crippen molar-refractivity contribution >= 4 is 45.2 Å². The molecule has 2 N–H and O–H groups in total. The summed E-state index contributed by atoms with van der Waals surface area (Å²) in [4.78, 5) is 0. The van der Waals surface area contributed by atoms with Crippen LogP contribution in [-0.4, -0.2) is 50.6 Å². The summed E-state index contributed by atoms with van der Waals surface area (Å²) in [5.74, 6) is 0.772. The van der Waals surface area contributed by atoms with E-state index in [2.05, 4.69) is 89.4 Å². The molecule has 1 aliphatic carbocycles. The van der Waals surface area contributed by atoms with Gasteiger partial charge >= 0.3 is 0 Å². The normalized spacial score (nSPS) is 19.5. The van der Waals surface area contributed by atoms with Crippen LogP contribution in [-0.2, 0) is 10.2 Å². The zero-order valence-corrected chi connectivity index (χ0v) is 20.1. The fourth-order valence-electron chi connectivity index (χ4n) is 2.84. The summed E-state index contributed by atoms with van der Waals surface area (Å²) >= 11 is 4.30. The fraction of sp³-hybridized carbons (Fsp3) is 0.524. The van der Waals surface area contributed by atoms with Crippen LogP contribution in [0.3, 0.4) is 0 Å². The van der Waals surface area contributed by atoms with Gasteiger partial charge in [0.1, 0.15) is 12.4 Å². The molecule has 0 bridgehead atoms. The van der Waals surface area contributed by atoms with Crippen molar-refractivity contribution in [3.8, 4) is 5.75 Å². The number of aliphatic hydroxyl groups is 2. The van der Waals surface area contributed by atoms with Crippen LogP contribution >= 0.6 is 45.2 Å². The first kappa shape index (κ1) is 23.1. The van der Waals surface area contributed by atoms with Crippen molar-refractivity contribution in [2.75, 3.05) is 22.1 Å². The molecular weight excluding hydrogens is 570 g/mol. The predicted octanol–water partition coefficient (Wildman–Crippen LogP) is 4.21. The Morgan fingerprint density at radius 3 is 2.26 bits per heavy atom. The van der Waals surface area contributed by atoms with Gasteiger partial charge in [0.2, 0.25) is 0 Å². The average molecular weight is 598 g/mol. The number of allylic oxidation sites excluding steroid dienone is 2. The van der Waals surface area contributed by atoms with Crippen LogP contribution in [0.5, 0.6) is 5.75 Å². The summed E-state index contributed by atoms with van der Waals surface area (Å²) in [6.45, 7) is 5.10. The molecule has 0 fully saturated rings. The minimum absolute atomic E-state index is 0.0299. The monoisotopic (exact) mass is 598 g/mol. The standard InChI is InChI=1S/C21H28I2O4/c1-21(2,15-3-7-19(8-4-15)26-13-17(24)11-22)16-5-9-20(10-6-16)27-14-18(25)12-23/h3-9,17-18,20,24-25H,10-14H2,1-2H3/t17-,18?,20?/m0/s1. The van der Waals surface area contributed by atoms with E-state index >= 15 is 0 Å². The van der Waals surface area contributed by atoms with Crippen LogP contribution in [0.4, 0.5) is 0 Å². The van der Waals surface area contributed by atoms with E-state index in [-0.39, 0.29) is 11.5 Å². The summed E-state index contributed by atoms with van der Waals surface area (Å²) < 4.78 is 12.7. The van der Waals surface area contributed by atoms with Crippen molar-refractivity contribution in [3.63, 3.8) is 0 Å². The number of benzene rings is 1. The Morgan fingerprint density at radius 2 is 1.70 bits per heavy atom. The summed E-state index contributed by atoms with van der Waals surface area (Å²) in [6.07, 6.45) is 6.45. The fourth-order valence-corrected chi connectivity index (χ4v) is 3.35. The van der Waals surface area contributed by atoms with Crippen molar-refractivity contribution < 1.29 is 19.7 Å². The second-order valence-corrected chi connectivity index (χ2v) is 8.96. The van der Waals surface area contributed by atoms with Gasteiger partial charge in [-0.15, -0.1) is 0 Å². The largest absolute Gasteiger partial charge is 0.491 e. The number of aliphatic hydroxyl groups excluding tert-OH is 2. The van der Waals surface area contributed by atoms with Crippen molar-refractivity contribution in [1.29, 1.82) is 0 Å². The van der Waals surface area contributed by atoms with E-state index in [0.717, 1.165) is 12.2 Å². The summed E-state index contributed by atoms with van der Waals surface area (Å²) in [5.41, 5.74) is 2.34. The molecular formula is C21H28I2O4. The van der Waals surface area contributed by atoms with E-state index in [9.17, 15) is 10.2 Å². The van der Waals surface area contributed by atoms with Gasteiger partial charge in [-0.25, -0.2) is 0 Å². The third-order valence-electron chi connectivity index (χ3n) is 4.66. The van der Waals surface area contributed by atoms with Crippen LogP contribution in [0.15, 0.2) is 48.1 Å². The number of alkyl halides is 2. The van der Waals surface area contributed by atoms with Crippen LogP contribution in [0, 0.1) is 0 Å². The number of hydrogen-bond donors (Lipinski definition) is 2. The minimum atomic E-state index is -0.438. The van der Waals surface area contributed by atoms with E-state index in [1.807, 2.05) is 12.1 Å². The first-order valence-corrected chi connectivity index (χ1v) is 12.1. The molecule has 0 spiro atoms. The van der Waals surface area contributed by atoms with Crippen molar-refractivity contribution in [1.82, 2.24) is 0 Å². The predicted molar refractivity (Wildman–Crippen MR) is 126 cm³/mol. The Labute approximate surface area is 189 Å². The van der Waals surface area contributed by atoms with E-state index in [1.165, 1.54) is 11.1 Å².